The molecule has 1 N–H and O–H groups in total. The van der Waals surface area contributed by atoms with Crippen LogP contribution in [-0.2, 0) is 4.79 Å². The highest BCUT2D eigenvalue weighted by atomic mass is 16.4. The minimum Gasteiger partial charge on any atom is -0.481 e. The molecule has 1 rings (SSSR count). The van der Waals surface area contributed by atoms with E-state index >= 15 is 0 Å². The summed E-state index contributed by atoms with van der Waals surface area (Å²) in [4.78, 5) is 24.7. The third kappa shape index (κ3) is 4.37. The number of aliphatic carboxylic acids is 1. The molecule has 0 aromatic heterocycles. The molecule has 4 heteroatoms. The SMILES string of the molecule is CCN(CC)c1ccc(C(=O)CCCC(=O)O)cc1C. The first-order chi connectivity index (χ1) is 9.49. The normalized spacial score (nSPS) is 10.3. The van der Waals surface area contributed by atoms with E-state index in [2.05, 4.69) is 18.7 Å². The molecule has 0 saturated carbocycles. The standard InChI is InChI=1S/C16H23NO3/c1-4-17(5-2)14-10-9-13(11-12(14)3)15(18)7-6-8-16(19)20/h9-11H,4-8H2,1-3H3,(H,19,20). The maximum atomic E-state index is 12.0. The van der Waals surface area contributed by atoms with E-state index in [-0.39, 0.29) is 18.6 Å². The average molecular weight is 277 g/mol. The lowest BCUT2D eigenvalue weighted by Crippen LogP contribution is -2.22. The molecule has 0 amide bonds. The van der Waals surface area contributed by atoms with Crippen LogP contribution in [0.1, 0.15) is 49.0 Å². The van der Waals surface area contributed by atoms with Gasteiger partial charge in [0.1, 0.15) is 0 Å². The predicted octanol–water partition coefficient (Wildman–Crippen LogP) is 3.28. The Labute approximate surface area is 120 Å². The number of hydrogen-bond donors (Lipinski definition) is 1. The van der Waals surface area contributed by atoms with Crippen molar-refractivity contribution >= 4 is 17.4 Å². The summed E-state index contributed by atoms with van der Waals surface area (Å²) >= 11 is 0. The Hall–Kier alpha value is -1.84. The minimum atomic E-state index is -0.856. The summed E-state index contributed by atoms with van der Waals surface area (Å²) < 4.78 is 0. The Balaban J connectivity index is 2.76. The summed E-state index contributed by atoms with van der Waals surface area (Å²) in [5.74, 6) is -0.841. The molecule has 0 heterocycles. The number of hydrogen-bond acceptors (Lipinski definition) is 3. The zero-order valence-corrected chi connectivity index (χ0v) is 12.5. The van der Waals surface area contributed by atoms with Crippen molar-refractivity contribution in [1.29, 1.82) is 0 Å². The molecule has 0 unspecified atom stereocenters. The monoisotopic (exact) mass is 277 g/mol. The Bertz CT molecular complexity index is 479. The van der Waals surface area contributed by atoms with Crippen LogP contribution in [0.4, 0.5) is 5.69 Å². The molecule has 0 aliphatic rings. The summed E-state index contributed by atoms with van der Waals surface area (Å²) in [5.41, 5.74) is 2.90. The van der Waals surface area contributed by atoms with E-state index in [9.17, 15) is 9.59 Å². The zero-order chi connectivity index (χ0) is 15.1. The largest absolute Gasteiger partial charge is 0.481 e. The number of carboxylic acid groups (broad SMARTS) is 1. The molecular formula is C16H23NO3. The molecule has 1 aromatic carbocycles. The lowest BCUT2D eigenvalue weighted by molar-refractivity contribution is -0.137. The molecule has 0 bridgehead atoms. The molecule has 1 aromatic rings. The van der Waals surface area contributed by atoms with Crippen molar-refractivity contribution in [3.63, 3.8) is 0 Å². The Morgan fingerprint density at radius 2 is 1.80 bits per heavy atom. The molecule has 110 valence electrons. The van der Waals surface area contributed by atoms with Crippen molar-refractivity contribution in [3.8, 4) is 0 Å². The maximum Gasteiger partial charge on any atom is 0.303 e. The Morgan fingerprint density at radius 1 is 1.15 bits per heavy atom. The number of ketones is 1. The van der Waals surface area contributed by atoms with Crippen LogP contribution < -0.4 is 4.90 Å². The summed E-state index contributed by atoms with van der Waals surface area (Å²) in [6, 6.07) is 5.72. The zero-order valence-electron chi connectivity index (χ0n) is 12.5. The Morgan fingerprint density at radius 3 is 2.30 bits per heavy atom. The van der Waals surface area contributed by atoms with Crippen molar-refractivity contribution in [2.45, 2.75) is 40.0 Å². The summed E-state index contributed by atoms with van der Waals surface area (Å²) in [6.07, 6.45) is 0.726. The molecule has 0 aliphatic heterocycles. The second-order valence-electron chi connectivity index (χ2n) is 4.84. The van der Waals surface area contributed by atoms with Crippen LogP contribution in [0.5, 0.6) is 0 Å². The van der Waals surface area contributed by atoms with E-state index in [1.807, 2.05) is 25.1 Å². The van der Waals surface area contributed by atoms with Gasteiger partial charge in [0.15, 0.2) is 5.78 Å². The van der Waals surface area contributed by atoms with Gasteiger partial charge in [-0.3, -0.25) is 9.59 Å². The maximum absolute atomic E-state index is 12.0. The van der Waals surface area contributed by atoms with Crippen LogP contribution in [0.2, 0.25) is 0 Å². The first kappa shape index (κ1) is 16.2. The second kappa shape index (κ2) is 7.68. The van der Waals surface area contributed by atoms with E-state index < -0.39 is 5.97 Å². The first-order valence-electron chi connectivity index (χ1n) is 7.10. The highest BCUT2D eigenvalue weighted by Gasteiger charge is 2.11. The number of anilines is 1. The van der Waals surface area contributed by atoms with E-state index in [0.717, 1.165) is 24.3 Å². The highest BCUT2D eigenvalue weighted by molar-refractivity contribution is 5.96. The van der Waals surface area contributed by atoms with Crippen LogP contribution in [0.15, 0.2) is 18.2 Å². The number of rotatable bonds is 8. The van der Waals surface area contributed by atoms with Gasteiger partial charge in [-0.05, 0) is 51.0 Å². The van der Waals surface area contributed by atoms with Gasteiger partial charge in [0.2, 0.25) is 0 Å². The van der Waals surface area contributed by atoms with Gasteiger partial charge in [-0.15, -0.1) is 0 Å². The average Bonchev–Trinajstić information content (AvgIpc) is 2.41. The van der Waals surface area contributed by atoms with E-state index in [4.69, 9.17) is 5.11 Å². The first-order valence-corrected chi connectivity index (χ1v) is 7.10. The smallest absolute Gasteiger partial charge is 0.303 e. The van der Waals surface area contributed by atoms with Crippen molar-refractivity contribution in [2.75, 3.05) is 18.0 Å². The van der Waals surface area contributed by atoms with E-state index in [0.29, 0.717) is 12.0 Å². The number of carbonyl (C=O) groups is 2. The van der Waals surface area contributed by atoms with Crippen LogP contribution >= 0.6 is 0 Å². The molecular weight excluding hydrogens is 254 g/mol. The third-order valence-electron chi connectivity index (χ3n) is 3.42. The molecule has 0 fully saturated rings. The van der Waals surface area contributed by atoms with E-state index in [1.165, 1.54) is 0 Å². The van der Waals surface area contributed by atoms with E-state index in [1.54, 1.807) is 0 Å². The molecule has 0 aliphatic carbocycles. The molecule has 0 saturated heterocycles. The number of carbonyl (C=O) groups excluding carboxylic acids is 1. The molecule has 0 spiro atoms. The van der Waals surface area contributed by atoms with Gasteiger partial charge >= 0.3 is 5.97 Å². The number of Topliss-reactive ketones (excluding diaryl/α,β-unsaturated/α-hetero) is 1. The molecule has 0 radical (unpaired) electrons. The number of nitrogens with zero attached hydrogens (tertiary/aromatic N) is 1. The predicted molar refractivity (Wildman–Crippen MR) is 80.6 cm³/mol. The minimum absolute atomic E-state index is 0.0143. The fourth-order valence-corrected chi connectivity index (χ4v) is 2.29. The molecule has 20 heavy (non-hydrogen) atoms. The van der Waals surface area contributed by atoms with Crippen molar-refractivity contribution < 1.29 is 14.7 Å². The second-order valence-corrected chi connectivity index (χ2v) is 4.84. The van der Waals surface area contributed by atoms with Crippen molar-refractivity contribution in [3.05, 3.63) is 29.3 Å². The topological polar surface area (TPSA) is 57.6 Å². The van der Waals surface area contributed by atoms with Crippen molar-refractivity contribution in [2.24, 2.45) is 0 Å². The van der Waals surface area contributed by atoms with Crippen LogP contribution in [0.3, 0.4) is 0 Å². The fraction of sp³-hybridized carbons (Fsp3) is 0.500. The highest BCUT2D eigenvalue weighted by Crippen LogP contribution is 2.22. The number of benzene rings is 1. The van der Waals surface area contributed by atoms with Crippen LogP contribution in [-0.4, -0.2) is 29.9 Å². The summed E-state index contributed by atoms with van der Waals surface area (Å²) in [7, 11) is 0. The summed E-state index contributed by atoms with van der Waals surface area (Å²) in [5, 5.41) is 8.58. The van der Waals surface area contributed by atoms with Gasteiger partial charge in [-0.2, -0.15) is 0 Å². The number of carboxylic acids is 1. The van der Waals surface area contributed by atoms with Crippen molar-refractivity contribution in [1.82, 2.24) is 0 Å². The van der Waals surface area contributed by atoms with Gasteiger partial charge in [-0.25, -0.2) is 0 Å². The molecule has 0 atom stereocenters. The van der Waals surface area contributed by atoms with Gasteiger partial charge in [0.05, 0.1) is 0 Å². The lowest BCUT2D eigenvalue weighted by atomic mass is 10.0. The lowest BCUT2D eigenvalue weighted by Gasteiger charge is -2.23. The number of aryl methyl sites for hydroxylation is 1. The third-order valence-corrected chi connectivity index (χ3v) is 3.42. The quantitative estimate of drug-likeness (QED) is 0.741. The van der Waals surface area contributed by atoms with Gasteiger partial charge in [0.25, 0.3) is 0 Å². The van der Waals surface area contributed by atoms with Crippen LogP contribution in [0.25, 0.3) is 0 Å². The van der Waals surface area contributed by atoms with Gasteiger partial charge in [0, 0.05) is 37.2 Å². The summed E-state index contributed by atoms with van der Waals surface area (Å²) in [6.45, 7) is 8.08. The van der Waals surface area contributed by atoms with Crippen LogP contribution in [0, 0.1) is 6.92 Å². The van der Waals surface area contributed by atoms with Gasteiger partial charge < -0.3 is 10.0 Å². The van der Waals surface area contributed by atoms with Gasteiger partial charge in [-0.1, -0.05) is 0 Å². The Kier molecular flexibility index (Phi) is 6.22. The molecule has 4 nitrogen and oxygen atoms in total. The fourth-order valence-electron chi connectivity index (χ4n) is 2.29.